The topological polar surface area (TPSA) is 114 Å². The number of hydrogen-bond donors (Lipinski definition) is 2. The van der Waals surface area contributed by atoms with Crippen molar-refractivity contribution < 1.29 is 18.7 Å². The monoisotopic (exact) mass is 545 g/mol. The number of aromatic nitrogens is 4. The van der Waals surface area contributed by atoms with Crippen LogP contribution in [-0.2, 0) is 4.74 Å². The van der Waals surface area contributed by atoms with Gasteiger partial charge in [0.2, 0.25) is 0 Å². The van der Waals surface area contributed by atoms with Gasteiger partial charge in [0, 0.05) is 47.7 Å². The van der Waals surface area contributed by atoms with Crippen LogP contribution >= 0.6 is 0 Å². The SMILES string of the molecule is Cc1cn2cc(NC(=O)c3ccc(NC4CC5CCC(C4)N5C(=O)OC(C)(C)C)c4ccnnc34)cc(F)c2n1. The predicted molar refractivity (Wildman–Crippen MR) is 149 cm³/mol. The summed E-state index contributed by atoms with van der Waals surface area (Å²) in [5, 5.41) is 15.5. The highest BCUT2D eigenvalue weighted by molar-refractivity contribution is 6.13. The number of nitrogens with one attached hydrogen (secondary N) is 2. The minimum atomic E-state index is -0.529. The molecule has 2 bridgehead atoms. The van der Waals surface area contributed by atoms with Crippen molar-refractivity contribution in [1.82, 2.24) is 24.5 Å². The lowest BCUT2D eigenvalue weighted by Gasteiger charge is -2.40. The summed E-state index contributed by atoms with van der Waals surface area (Å²) in [5.41, 5.74) is 2.27. The van der Waals surface area contributed by atoms with Crippen LogP contribution < -0.4 is 10.6 Å². The lowest BCUT2D eigenvalue weighted by Crippen LogP contribution is -2.51. The largest absolute Gasteiger partial charge is 0.444 e. The van der Waals surface area contributed by atoms with Gasteiger partial charge in [0.1, 0.15) is 11.1 Å². The molecule has 40 heavy (non-hydrogen) atoms. The Morgan fingerprint density at radius 3 is 2.58 bits per heavy atom. The van der Waals surface area contributed by atoms with Crippen molar-refractivity contribution in [3.05, 3.63) is 59.9 Å². The minimum Gasteiger partial charge on any atom is -0.444 e. The second kappa shape index (κ2) is 9.72. The molecule has 0 spiro atoms. The van der Waals surface area contributed by atoms with Crippen molar-refractivity contribution in [3.63, 3.8) is 0 Å². The zero-order valence-electron chi connectivity index (χ0n) is 22.9. The van der Waals surface area contributed by atoms with Crippen LogP contribution in [0.15, 0.2) is 42.9 Å². The number of rotatable bonds is 4. The summed E-state index contributed by atoms with van der Waals surface area (Å²) >= 11 is 0. The van der Waals surface area contributed by atoms with Crippen LogP contribution in [0.25, 0.3) is 16.6 Å². The molecule has 208 valence electrons. The van der Waals surface area contributed by atoms with E-state index in [9.17, 15) is 14.0 Å². The van der Waals surface area contributed by atoms with E-state index in [1.165, 1.54) is 6.07 Å². The van der Waals surface area contributed by atoms with Gasteiger partial charge in [0.15, 0.2) is 11.5 Å². The molecule has 2 fully saturated rings. The molecule has 2 N–H and O–H groups in total. The number of pyridine rings is 1. The van der Waals surface area contributed by atoms with Crippen molar-refractivity contribution in [2.45, 2.75) is 77.1 Å². The van der Waals surface area contributed by atoms with E-state index in [0.29, 0.717) is 22.5 Å². The fraction of sp³-hybridized carbons (Fsp3) is 0.414. The molecule has 10 nitrogen and oxygen atoms in total. The number of anilines is 2. The van der Waals surface area contributed by atoms with Crippen LogP contribution in [0.5, 0.6) is 0 Å². The van der Waals surface area contributed by atoms with Gasteiger partial charge < -0.3 is 24.7 Å². The number of halogens is 1. The Labute approximate surface area is 230 Å². The van der Waals surface area contributed by atoms with Gasteiger partial charge in [-0.05, 0) is 71.6 Å². The zero-order valence-corrected chi connectivity index (χ0v) is 22.9. The van der Waals surface area contributed by atoms with Gasteiger partial charge in [0.05, 0.1) is 23.1 Å². The predicted octanol–water partition coefficient (Wildman–Crippen LogP) is 5.32. The summed E-state index contributed by atoms with van der Waals surface area (Å²) in [4.78, 5) is 32.2. The van der Waals surface area contributed by atoms with Gasteiger partial charge in [-0.25, -0.2) is 14.2 Å². The third-order valence-corrected chi connectivity index (χ3v) is 7.51. The van der Waals surface area contributed by atoms with Crippen LogP contribution in [-0.4, -0.2) is 60.2 Å². The first-order valence-corrected chi connectivity index (χ1v) is 13.5. The maximum absolute atomic E-state index is 14.5. The molecule has 2 aliphatic heterocycles. The van der Waals surface area contributed by atoms with E-state index >= 15 is 0 Å². The molecule has 6 rings (SSSR count). The fourth-order valence-corrected chi connectivity index (χ4v) is 5.97. The lowest BCUT2D eigenvalue weighted by molar-refractivity contribution is 0.00683. The van der Waals surface area contributed by atoms with E-state index in [1.807, 2.05) is 37.8 Å². The Bertz CT molecular complexity index is 1620. The molecule has 2 aliphatic rings. The van der Waals surface area contributed by atoms with Crippen molar-refractivity contribution in [1.29, 1.82) is 0 Å². The van der Waals surface area contributed by atoms with Crippen LogP contribution in [0, 0.1) is 12.7 Å². The first-order valence-electron chi connectivity index (χ1n) is 13.5. The van der Waals surface area contributed by atoms with Crippen molar-refractivity contribution in [3.8, 4) is 0 Å². The van der Waals surface area contributed by atoms with Crippen LogP contribution in [0.2, 0.25) is 0 Å². The number of carbonyl (C=O) groups excluding carboxylic acids is 2. The molecule has 3 aromatic heterocycles. The van der Waals surface area contributed by atoms with E-state index in [0.717, 1.165) is 36.8 Å². The second-order valence-corrected chi connectivity index (χ2v) is 11.7. The number of amides is 2. The smallest absolute Gasteiger partial charge is 0.410 e. The van der Waals surface area contributed by atoms with Crippen LogP contribution in [0.1, 0.15) is 62.5 Å². The Morgan fingerprint density at radius 2 is 1.85 bits per heavy atom. The van der Waals surface area contributed by atoms with Gasteiger partial charge >= 0.3 is 6.09 Å². The van der Waals surface area contributed by atoms with Gasteiger partial charge in [-0.1, -0.05) is 0 Å². The van der Waals surface area contributed by atoms with E-state index in [-0.39, 0.29) is 29.9 Å². The second-order valence-electron chi connectivity index (χ2n) is 11.7. The summed E-state index contributed by atoms with van der Waals surface area (Å²) < 4.78 is 21.8. The molecule has 2 atom stereocenters. The van der Waals surface area contributed by atoms with E-state index < -0.39 is 17.3 Å². The number of imidazole rings is 1. The number of carbonyl (C=O) groups is 2. The standard InChI is InChI=1S/C29H32FN7O3/c1-16-14-36-15-18(13-23(30)26(36)32-16)34-27(38)22-7-8-24(21-9-10-31-35-25(21)22)33-17-11-19-5-6-20(12-17)37(19)28(39)40-29(2,3)4/h7-10,13-15,17,19-20,33H,5-6,11-12H2,1-4H3,(H,34,38). The highest BCUT2D eigenvalue weighted by atomic mass is 19.1. The average molecular weight is 546 g/mol. The van der Waals surface area contributed by atoms with Crippen LogP contribution in [0.4, 0.5) is 20.6 Å². The Hall–Kier alpha value is -4.28. The molecular formula is C29H32FN7O3. The molecule has 2 unspecified atom stereocenters. The first kappa shape index (κ1) is 26.0. The van der Waals surface area contributed by atoms with Gasteiger partial charge in [-0.2, -0.15) is 5.10 Å². The van der Waals surface area contributed by atoms with Crippen LogP contribution in [0.3, 0.4) is 0 Å². The number of piperidine rings is 1. The number of fused-ring (bicyclic) bond motifs is 4. The number of ether oxygens (including phenoxy) is 1. The maximum Gasteiger partial charge on any atom is 0.410 e. The number of hydrogen-bond acceptors (Lipinski definition) is 7. The Balaban J connectivity index is 1.21. The molecule has 0 radical (unpaired) electrons. The molecular weight excluding hydrogens is 513 g/mol. The first-order chi connectivity index (χ1) is 19.1. The zero-order chi connectivity index (χ0) is 28.2. The van der Waals surface area contributed by atoms with Crippen molar-refractivity contribution >= 4 is 39.9 Å². The minimum absolute atomic E-state index is 0.124. The fourth-order valence-electron chi connectivity index (χ4n) is 5.97. The Morgan fingerprint density at radius 1 is 1.10 bits per heavy atom. The molecule has 4 aromatic rings. The van der Waals surface area contributed by atoms with Gasteiger partial charge in [0.25, 0.3) is 5.91 Å². The quantitative estimate of drug-likeness (QED) is 0.357. The van der Waals surface area contributed by atoms with E-state index in [4.69, 9.17) is 4.74 Å². The number of nitrogens with zero attached hydrogens (tertiary/aromatic N) is 5. The summed E-state index contributed by atoms with van der Waals surface area (Å²) in [5.74, 6) is -0.946. The normalized spacial score (nSPS) is 20.6. The molecule has 5 heterocycles. The highest BCUT2D eigenvalue weighted by Gasteiger charge is 2.45. The van der Waals surface area contributed by atoms with Crippen molar-refractivity contribution in [2.75, 3.05) is 10.6 Å². The molecule has 0 saturated carbocycles. The maximum atomic E-state index is 14.5. The van der Waals surface area contributed by atoms with Crippen molar-refractivity contribution in [2.24, 2.45) is 0 Å². The average Bonchev–Trinajstić information content (AvgIpc) is 3.39. The summed E-state index contributed by atoms with van der Waals surface area (Å²) in [6, 6.07) is 7.05. The third kappa shape index (κ3) is 4.91. The number of aryl methyl sites for hydroxylation is 1. The lowest BCUT2D eigenvalue weighted by atomic mass is 9.96. The molecule has 2 saturated heterocycles. The molecule has 1 aromatic carbocycles. The number of benzene rings is 1. The van der Waals surface area contributed by atoms with Gasteiger partial charge in [-0.3, -0.25) is 4.79 Å². The highest BCUT2D eigenvalue weighted by Crippen LogP contribution is 2.38. The van der Waals surface area contributed by atoms with Gasteiger partial charge in [-0.15, -0.1) is 5.10 Å². The third-order valence-electron chi connectivity index (χ3n) is 7.51. The van der Waals surface area contributed by atoms with E-state index in [2.05, 4.69) is 25.8 Å². The Kier molecular flexibility index (Phi) is 6.31. The van der Waals surface area contributed by atoms with E-state index in [1.54, 1.807) is 36.0 Å². The molecule has 11 heteroatoms. The summed E-state index contributed by atoms with van der Waals surface area (Å²) in [6.45, 7) is 7.43. The molecule has 0 aliphatic carbocycles. The summed E-state index contributed by atoms with van der Waals surface area (Å²) in [7, 11) is 0. The molecule has 2 amide bonds. The summed E-state index contributed by atoms with van der Waals surface area (Å²) in [6.07, 6.45) is 8.19.